The molecule has 23 heavy (non-hydrogen) atoms. The van der Waals surface area contributed by atoms with Gasteiger partial charge in [-0.05, 0) is 31.2 Å². The van der Waals surface area contributed by atoms with Crippen LogP contribution in [-0.4, -0.2) is 41.1 Å². The van der Waals surface area contributed by atoms with Crippen LogP contribution in [0.2, 0.25) is 0 Å². The lowest BCUT2D eigenvalue weighted by molar-refractivity contribution is -0.137. The molecule has 0 bridgehead atoms. The number of aliphatic carboxylic acids is 1. The van der Waals surface area contributed by atoms with E-state index in [-0.39, 0.29) is 12.5 Å². The van der Waals surface area contributed by atoms with Crippen LogP contribution >= 0.6 is 0 Å². The van der Waals surface area contributed by atoms with Crippen molar-refractivity contribution in [1.29, 1.82) is 0 Å². The maximum absolute atomic E-state index is 12.5. The largest absolute Gasteiger partial charge is 0.481 e. The fourth-order valence-corrected chi connectivity index (χ4v) is 3.10. The highest BCUT2D eigenvalue weighted by molar-refractivity contribution is 5.74. The Bertz CT molecular complexity index is 498. The van der Waals surface area contributed by atoms with Gasteiger partial charge in [-0.1, -0.05) is 43.2 Å². The monoisotopic (exact) mass is 318 g/mol. The minimum Gasteiger partial charge on any atom is -0.481 e. The molecule has 1 fully saturated rings. The lowest BCUT2D eigenvalue weighted by Crippen LogP contribution is -2.46. The van der Waals surface area contributed by atoms with Crippen LogP contribution in [-0.2, 0) is 11.2 Å². The molecule has 0 saturated heterocycles. The molecule has 1 aromatic rings. The van der Waals surface area contributed by atoms with Crippen LogP contribution in [0.4, 0.5) is 4.79 Å². The smallest absolute Gasteiger partial charge is 0.317 e. The molecule has 0 unspecified atom stereocenters. The molecule has 0 aromatic heterocycles. The molecule has 0 atom stereocenters. The number of nitrogens with zero attached hydrogens (tertiary/aromatic N) is 1. The van der Waals surface area contributed by atoms with Crippen molar-refractivity contribution in [2.45, 2.75) is 51.0 Å². The van der Waals surface area contributed by atoms with Crippen LogP contribution in [0.15, 0.2) is 30.3 Å². The Morgan fingerprint density at radius 2 is 1.87 bits per heavy atom. The van der Waals surface area contributed by atoms with Gasteiger partial charge in [-0.2, -0.15) is 0 Å². The van der Waals surface area contributed by atoms with E-state index in [1.807, 2.05) is 23.1 Å². The Labute approximate surface area is 137 Å². The van der Waals surface area contributed by atoms with Gasteiger partial charge in [0.15, 0.2) is 0 Å². The molecule has 0 aliphatic heterocycles. The molecule has 0 heterocycles. The average molecular weight is 318 g/mol. The third-order valence-corrected chi connectivity index (χ3v) is 4.35. The van der Waals surface area contributed by atoms with E-state index < -0.39 is 5.97 Å². The molecule has 5 nitrogen and oxygen atoms in total. The van der Waals surface area contributed by atoms with Crippen LogP contribution in [0.25, 0.3) is 0 Å². The summed E-state index contributed by atoms with van der Waals surface area (Å²) in [5, 5.41) is 11.5. The minimum absolute atomic E-state index is 0.0572. The van der Waals surface area contributed by atoms with Crippen LogP contribution in [0, 0.1) is 0 Å². The number of carboxylic acid groups (broad SMARTS) is 1. The lowest BCUT2D eigenvalue weighted by Gasteiger charge is -2.29. The highest BCUT2D eigenvalue weighted by Gasteiger charge is 2.26. The van der Waals surface area contributed by atoms with E-state index in [9.17, 15) is 9.59 Å². The molecule has 126 valence electrons. The summed E-state index contributed by atoms with van der Waals surface area (Å²) in [6.45, 7) is 1.12. The first-order valence-electron chi connectivity index (χ1n) is 8.47. The molecule has 0 radical (unpaired) electrons. The standard InChI is InChI=1S/C18H26N2O3/c21-17(22)11-6-13-19-18(23)20(16-9-4-5-10-16)14-12-15-7-2-1-3-8-15/h1-3,7-8,16H,4-6,9-14H2,(H,19,23)(H,21,22). The zero-order chi connectivity index (χ0) is 16.5. The van der Waals surface area contributed by atoms with Crippen molar-refractivity contribution in [1.82, 2.24) is 10.2 Å². The Kier molecular flexibility index (Phi) is 6.91. The molecule has 1 saturated carbocycles. The van der Waals surface area contributed by atoms with Gasteiger partial charge in [-0.25, -0.2) is 4.79 Å². The number of nitrogens with one attached hydrogen (secondary N) is 1. The quantitative estimate of drug-likeness (QED) is 0.724. The number of carbonyl (C=O) groups is 2. The van der Waals surface area contributed by atoms with Crippen molar-refractivity contribution in [3.8, 4) is 0 Å². The van der Waals surface area contributed by atoms with E-state index >= 15 is 0 Å². The second kappa shape index (κ2) is 9.18. The normalized spacial score (nSPS) is 14.6. The number of urea groups is 1. The molecular formula is C18H26N2O3. The van der Waals surface area contributed by atoms with E-state index in [2.05, 4.69) is 17.4 Å². The van der Waals surface area contributed by atoms with E-state index in [0.717, 1.165) is 19.3 Å². The first-order valence-corrected chi connectivity index (χ1v) is 8.47. The van der Waals surface area contributed by atoms with E-state index in [0.29, 0.717) is 25.6 Å². The summed E-state index contributed by atoms with van der Waals surface area (Å²) in [7, 11) is 0. The van der Waals surface area contributed by atoms with Gasteiger partial charge in [0.05, 0.1) is 0 Å². The van der Waals surface area contributed by atoms with Gasteiger partial charge < -0.3 is 15.3 Å². The summed E-state index contributed by atoms with van der Waals surface area (Å²) in [4.78, 5) is 24.9. The third kappa shape index (κ3) is 5.93. The molecule has 2 rings (SSSR count). The van der Waals surface area contributed by atoms with Gasteiger partial charge in [0.25, 0.3) is 0 Å². The topological polar surface area (TPSA) is 69.6 Å². The predicted octanol–water partition coefficient (Wildman–Crippen LogP) is 3.05. The highest BCUT2D eigenvalue weighted by atomic mass is 16.4. The maximum Gasteiger partial charge on any atom is 0.317 e. The van der Waals surface area contributed by atoms with Crippen molar-refractivity contribution in [2.75, 3.05) is 13.1 Å². The first-order chi connectivity index (χ1) is 11.2. The Morgan fingerprint density at radius 1 is 1.17 bits per heavy atom. The average Bonchev–Trinajstić information content (AvgIpc) is 3.07. The number of hydrogen-bond donors (Lipinski definition) is 2. The third-order valence-electron chi connectivity index (χ3n) is 4.35. The van der Waals surface area contributed by atoms with Gasteiger partial charge in [0.2, 0.25) is 0 Å². The fourth-order valence-electron chi connectivity index (χ4n) is 3.10. The van der Waals surface area contributed by atoms with E-state index in [1.54, 1.807) is 0 Å². The summed E-state index contributed by atoms with van der Waals surface area (Å²) in [5.41, 5.74) is 1.23. The van der Waals surface area contributed by atoms with Gasteiger partial charge in [-0.3, -0.25) is 4.79 Å². The number of hydrogen-bond acceptors (Lipinski definition) is 2. The summed E-state index contributed by atoms with van der Waals surface area (Å²) < 4.78 is 0. The number of carboxylic acids is 1. The molecular weight excluding hydrogens is 292 g/mol. The molecule has 5 heteroatoms. The van der Waals surface area contributed by atoms with Crippen LogP contribution in [0.1, 0.15) is 44.1 Å². The Hall–Kier alpha value is -2.04. The number of benzene rings is 1. The van der Waals surface area contributed by atoms with Crippen molar-refractivity contribution in [3.05, 3.63) is 35.9 Å². The molecule has 0 spiro atoms. The van der Waals surface area contributed by atoms with Gasteiger partial charge >= 0.3 is 12.0 Å². The number of amides is 2. The van der Waals surface area contributed by atoms with Crippen molar-refractivity contribution < 1.29 is 14.7 Å². The molecule has 2 N–H and O–H groups in total. The summed E-state index contributed by atoms with van der Waals surface area (Å²) >= 11 is 0. The van der Waals surface area contributed by atoms with Crippen LogP contribution in [0.3, 0.4) is 0 Å². The van der Waals surface area contributed by atoms with Gasteiger partial charge in [0.1, 0.15) is 0 Å². The van der Waals surface area contributed by atoms with Crippen LogP contribution < -0.4 is 5.32 Å². The second-order valence-corrected chi connectivity index (χ2v) is 6.10. The zero-order valence-electron chi connectivity index (χ0n) is 13.5. The molecule has 1 aliphatic rings. The first kappa shape index (κ1) is 17.3. The van der Waals surface area contributed by atoms with Crippen molar-refractivity contribution >= 4 is 12.0 Å². The zero-order valence-corrected chi connectivity index (χ0v) is 13.5. The summed E-state index contributed by atoms with van der Waals surface area (Å²) in [5.74, 6) is -0.823. The Morgan fingerprint density at radius 3 is 2.52 bits per heavy atom. The van der Waals surface area contributed by atoms with Crippen molar-refractivity contribution in [3.63, 3.8) is 0 Å². The van der Waals surface area contributed by atoms with Crippen molar-refractivity contribution in [2.24, 2.45) is 0 Å². The number of rotatable bonds is 8. The molecule has 1 aliphatic carbocycles. The second-order valence-electron chi connectivity index (χ2n) is 6.10. The van der Waals surface area contributed by atoms with Crippen LogP contribution in [0.5, 0.6) is 0 Å². The number of carbonyl (C=O) groups excluding carboxylic acids is 1. The SMILES string of the molecule is O=C(O)CCCNC(=O)N(CCc1ccccc1)C1CCCC1. The predicted molar refractivity (Wildman–Crippen MR) is 89.4 cm³/mol. The Balaban J connectivity index is 1.85. The van der Waals surface area contributed by atoms with Gasteiger partial charge in [-0.15, -0.1) is 0 Å². The molecule has 2 amide bonds. The lowest BCUT2D eigenvalue weighted by atomic mass is 10.1. The highest BCUT2D eigenvalue weighted by Crippen LogP contribution is 2.23. The summed E-state index contributed by atoms with van der Waals surface area (Å²) in [6.07, 6.45) is 5.90. The van der Waals surface area contributed by atoms with E-state index in [1.165, 1.54) is 18.4 Å². The minimum atomic E-state index is -0.823. The van der Waals surface area contributed by atoms with E-state index in [4.69, 9.17) is 5.11 Å². The van der Waals surface area contributed by atoms with Gasteiger partial charge in [0, 0.05) is 25.6 Å². The maximum atomic E-state index is 12.5. The molecule has 1 aromatic carbocycles. The fraction of sp³-hybridized carbons (Fsp3) is 0.556. The summed E-state index contributed by atoms with van der Waals surface area (Å²) in [6, 6.07) is 10.4.